The molecule has 1 aliphatic heterocycles. The number of fused-ring (bicyclic) bond motifs is 5. The van der Waals surface area contributed by atoms with E-state index in [2.05, 4.69) is 79.5 Å². The molecule has 5 aromatic heterocycles. The highest BCUT2D eigenvalue weighted by atomic mass is 79.9. The Morgan fingerprint density at radius 2 is 0.992 bits per heavy atom. The number of carbonyl (C=O) groups excluding carboxylic acids is 4. The number of halogens is 2. The monoisotopic (exact) mass is 1680 g/mol. The number of benzene rings is 7. The summed E-state index contributed by atoms with van der Waals surface area (Å²) < 4.78 is 78.6. The van der Waals surface area contributed by atoms with Crippen LogP contribution in [-0.4, -0.2) is 94.4 Å². The van der Waals surface area contributed by atoms with Gasteiger partial charge in [0.05, 0.1) is 16.6 Å². The van der Waals surface area contributed by atoms with Crippen molar-refractivity contribution in [3.05, 3.63) is 311 Å². The van der Waals surface area contributed by atoms with E-state index in [1.807, 2.05) is 103 Å². The molecule has 0 bridgehead atoms. The first-order valence-electron chi connectivity index (χ1n) is 39.9. The summed E-state index contributed by atoms with van der Waals surface area (Å²) in [6.45, 7) is 1.35. The number of rotatable bonds is 19. The molecule has 4 amide bonds. The fourth-order valence-electron chi connectivity index (χ4n) is 15.1. The molecule has 12 aromatic rings. The lowest BCUT2D eigenvalue weighted by atomic mass is 9.95. The molecule has 0 spiro atoms. The van der Waals surface area contributed by atoms with Gasteiger partial charge in [-0.05, 0) is 192 Å². The zero-order chi connectivity index (χ0) is 81.9. The molecule has 118 heavy (non-hydrogen) atoms. The largest absolute Gasteiger partial charge is 0.508 e. The number of para-hydroxylation sites is 1. The number of aromatic hydroxyl groups is 1. The summed E-state index contributed by atoms with van der Waals surface area (Å²) in [5, 5.41) is 38.4. The van der Waals surface area contributed by atoms with E-state index in [1.54, 1.807) is 60.5 Å². The van der Waals surface area contributed by atoms with E-state index in [-0.39, 0.29) is 65.3 Å². The molecule has 0 radical (unpaired) electrons. The number of ether oxygens (including phenoxy) is 2. The van der Waals surface area contributed by atoms with Crippen LogP contribution in [0, 0.1) is 5.82 Å². The minimum Gasteiger partial charge on any atom is -0.508 e. The highest BCUT2D eigenvalue weighted by Crippen LogP contribution is 2.35. The molecule has 0 saturated heterocycles. The standard InChI is InChI=1S/C21H19FN2O3.C21H20N2O2.C16H17BrN2O3.C16H19N3O4S.C16H16N2O2/c22-15-9-11-16(12-10-15)26-18-7-3-1-5-14(18)13-23-21(25)20-17-6-2-4-8-19(17)27-24-20;24-21(20-17-13-7-8-14-18(17)25-23-20)22-19(15-9-3-1-4-10-15)16-11-5-2-6-12-16;1-19(9-10-8-11(20)6-7-13(10)17)16(21)15-12-4-2-3-5-14(12)22-18-15;1-17-24(21,22)14-9-5-2-6-11(14)10-18-16(20)15-12-7-3-4-8-13(12)23-19-15;1-2-6-11(7-3-1)14-10-19-16(17-14)15-12-8-4-5-9-13(12)18-20-15/h1,3,5,7,9-12H,2,4,6,8,13H2,(H,23,25);1-6,9-12,19H,7-8,13-14H2,(H,22,24);6-8,20H,2-5,9H2,1H3;2,5-6,9,17H,3-4,7-8,10H2,1H3,(H,18,20);1-3,6-7,14H,4-5,8-10H2. The summed E-state index contributed by atoms with van der Waals surface area (Å²) in [6.07, 6.45) is 19.6. The number of amides is 4. The molecule has 5 aliphatic carbocycles. The Bertz CT molecular complexity index is 5580. The van der Waals surface area contributed by atoms with Crippen LogP contribution in [0.2, 0.25) is 0 Å². The molecule has 25 nitrogen and oxygen atoms in total. The molecule has 7 aromatic carbocycles. The fraction of sp³-hybridized carbons (Fsp3) is 0.311. The van der Waals surface area contributed by atoms with Crippen LogP contribution >= 0.6 is 15.9 Å². The number of aromatic nitrogens is 5. The van der Waals surface area contributed by atoms with E-state index in [1.165, 1.54) is 49.2 Å². The van der Waals surface area contributed by atoms with Gasteiger partial charge in [-0.1, -0.05) is 169 Å². The van der Waals surface area contributed by atoms with Crippen molar-refractivity contribution in [1.29, 1.82) is 0 Å². The van der Waals surface area contributed by atoms with Crippen LogP contribution < -0.4 is 25.4 Å². The molecule has 6 heterocycles. The van der Waals surface area contributed by atoms with Crippen molar-refractivity contribution in [3.63, 3.8) is 0 Å². The Kier molecular flexibility index (Phi) is 27.4. The van der Waals surface area contributed by atoms with Crippen molar-refractivity contribution in [2.24, 2.45) is 4.99 Å². The fourth-order valence-corrected chi connectivity index (χ4v) is 16.4. The van der Waals surface area contributed by atoms with Gasteiger partial charge < -0.3 is 58.0 Å². The highest BCUT2D eigenvalue weighted by molar-refractivity contribution is 9.10. The van der Waals surface area contributed by atoms with Gasteiger partial charge in [0.2, 0.25) is 15.8 Å². The van der Waals surface area contributed by atoms with Gasteiger partial charge in [0.15, 0.2) is 22.8 Å². The molecule has 6 aliphatic rings. The zero-order valence-corrected chi connectivity index (χ0v) is 67.9. The Hall–Kier alpha value is -12.1. The molecular weight excluding hydrogens is 1590 g/mol. The maximum atomic E-state index is 13.1. The number of sulfonamides is 1. The number of carbonyl (C=O) groups is 4. The van der Waals surface area contributed by atoms with Crippen LogP contribution in [0.15, 0.2) is 219 Å². The van der Waals surface area contributed by atoms with Crippen LogP contribution in [-0.2, 0) is 98.6 Å². The van der Waals surface area contributed by atoms with Gasteiger partial charge in [-0.2, -0.15) is 0 Å². The minimum atomic E-state index is -3.58. The SMILES string of the molecule is CN(Cc1cc(O)ccc1Br)C(=O)c1noc2c1CCCC2.CNS(=O)(=O)c1ccccc1CNC(=O)c1noc2c1CCCC2.O=C(NC(c1ccccc1)c1ccccc1)c1noc2c1CCCC2.O=C(NCc1ccccc1Oc1ccc(F)cc1)c1noc2c1CCCC2.c1ccc(C2COC(c3onc4c3CCCC4)=N2)cc1. The first-order chi connectivity index (χ1) is 57.5. The number of nitrogens with one attached hydrogen (secondary N) is 4. The highest BCUT2D eigenvalue weighted by Gasteiger charge is 2.33. The van der Waals surface area contributed by atoms with Gasteiger partial charge in [-0.15, -0.1) is 0 Å². The average molecular weight is 1680 g/mol. The van der Waals surface area contributed by atoms with Gasteiger partial charge in [0.25, 0.3) is 29.5 Å². The van der Waals surface area contributed by atoms with E-state index in [9.17, 15) is 37.1 Å². The minimum absolute atomic E-state index is 0.0653. The molecule has 5 N–H and O–H groups in total. The normalized spacial score (nSPS) is 14.9. The van der Waals surface area contributed by atoms with E-state index >= 15 is 0 Å². The summed E-state index contributed by atoms with van der Waals surface area (Å²) in [4.78, 5) is 56.8. The second kappa shape index (κ2) is 39.2. The van der Waals surface area contributed by atoms with Crippen molar-refractivity contribution in [3.8, 4) is 17.2 Å². The van der Waals surface area contributed by atoms with Gasteiger partial charge in [-0.3, -0.25) is 19.2 Å². The van der Waals surface area contributed by atoms with Crippen LogP contribution in [0.1, 0.15) is 214 Å². The van der Waals surface area contributed by atoms with E-state index in [4.69, 9.17) is 32.1 Å². The Morgan fingerprint density at radius 3 is 1.55 bits per heavy atom. The third kappa shape index (κ3) is 20.3. The first-order valence-corrected chi connectivity index (χ1v) is 42.2. The molecule has 1 unspecified atom stereocenters. The van der Waals surface area contributed by atoms with E-state index < -0.39 is 10.0 Å². The lowest BCUT2D eigenvalue weighted by molar-refractivity contribution is 0.0772. The van der Waals surface area contributed by atoms with Crippen molar-refractivity contribution in [1.82, 2.24) is 51.4 Å². The molecule has 0 fully saturated rings. The Labute approximate surface area is 690 Å². The van der Waals surface area contributed by atoms with E-state index in [0.717, 1.165) is 199 Å². The number of aliphatic imine (C=N–C) groups is 1. The molecular formula is C90H91BrFN11O14S. The maximum Gasteiger partial charge on any atom is 0.276 e. The number of phenols is 1. The van der Waals surface area contributed by atoms with Crippen LogP contribution in [0.4, 0.5) is 4.39 Å². The number of aryl methyl sites for hydroxylation is 5. The van der Waals surface area contributed by atoms with Gasteiger partial charge in [-0.25, -0.2) is 22.5 Å². The summed E-state index contributed by atoms with van der Waals surface area (Å²) in [7, 11) is -0.502. The van der Waals surface area contributed by atoms with Crippen molar-refractivity contribution in [2.45, 2.75) is 165 Å². The lowest BCUT2D eigenvalue weighted by Gasteiger charge is -2.19. The van der Waals surface area contributed by atoms with Crippen molar-refractivity contribution in [2.75, 3.05) is 20.7 Å². The summed E-state index contributed by atoms with van der Waals surface area (Å²) in [5.41, 5.74) is 13.0. The molecule has 610 valence electrons. The average Bonchev–Trinajstić information content (AvgIpc) is 1.69. The lowest BCUT2D eigenvalue weighted by Crippen LogP contribution is -2.30. The van der Waals surface area contributed by atoms with Crippen molar-refractivity contribution < 1.29 is 69.2 Å². The van der Waals surface area contributed by atoms with Gasteiger partial charge >= 0.3 is 0 Å². The number of hydrogen-bond donors (Lipinski definition) is 5. The third-order valence-electron chi connectivity index (χ3n) is 21.4. The third-order valence-corrected chi connectivity index (χ3v) is 23.7. The second-order valence-corrected chi connectivity index (χ2v) is 32.1. The van der Waals surface area contributed by atoms with Crippen molar-refractivity contribution >= 4 is 55.5 Å². The van der Waals surface area contributed by atoms with Crippen LogP contribution in [0.25, 0.3) is 0 Å². The topological polar surface area (TPSA) is 335 Å². The number of nitrogens with zero attached hydrogens (tertiary/aromatic N) is 7. The quantitative estimate of drug-likeness (QED) is 0.0502. The summed E-state index contributed by atoms with van der Waals surface area (Å²) in [5.74, 6) is 4.75. The summed E-state index contributed by atoms with van der Waals surface area (Å²) >= 11 is 3.43. The molecule has 1 atom stereocenters. The number of hydrogen-bond acceptors (Lipinski definition) is 20. The molecule has 28 heteroatoms. The first kappa shape index (κ1) is 82.4. The predicted octanol–water partition coefficient (Wildman–Crippen LogP) is 16.2. The predicted molar refractivity (Wildman–Crippen MR) is 439 cm³/mol. The molecule has 0 saturated carbocycles. The maximum absolute atomic E-state index is 13.1. The Balaban J connectivity index is 0.000000122. The smallest absolute Gasteiger partial charge is 0.276 e. The molecule has 18 rings (SSSR count). The summed E-state index contributed by atoms with van der Waals surface area (Å²) in [6, 6.07) is 54.8. The Morgan fingerprint density at radius 1 is 0.525 bits per heavy atom. The van der Waals surface area contributed by atoms with Crippen LogP contribution in [0.3, 0.4) is 0 Å². The van der Waals surface area contributed by atoms with Crippen LogP contribution in [0.5, 0.6) is 17.2 Å². The van der Waals surface area contributed by atoms with Gasteiger partial charge in [0.1, 0.15) is 58.8 Å². The zero-order valence-electron chi connectivity index (χ0n) is 65.5. The van der Waals surface area contributed by atoms with E-state index in [0.29, 0.717) is 58.9 Å². The second-order valence-electron chi connectivity index (χ2n) is 29.4. The van der Waals surface area contributed by atoms with Gasteiger partial charge in [0, 0.05) is 90.2 Å². The number of phenolic OH excluding ortho intramolecular Hbond substituents is 1.